The van der Waals surface area contributed by atoms with Crippen molar-refractivity contribution in [2.45, 2.75) is 25.6 Å². The summed E-state index contributed by atoms with van der Waals surface area (Å²) >= 11 is 0. The van der Waals surface area contributed by atoms with Gasteiger partial charge in [-0.15, -0.1) is 0 Å². The number of hydrogen-bond donors (Lipinski definition) is 4. The van der Waals surface area contributed by atoms with E-state index in [0.29, 0.717) is 4.90 Å². The number of aliphatic carboxylic acids is 1. The number of carbonyl (C=O) groups excluding carboxylic acids is 3. The SMILES string of the molecule is O=CNc1nc2ncc(CN(C(=O)C(F)(F)F)c3ccc(C(=O)NCCCC(=O)O)cc3)nc2c(=O)[nH]1. The van der Waals surface area contributed by atoms with Gasteiger partial charge >= 0.3 is 18.1 Å². The number of nitrogens with one attached hydrogen (secondary N) is 3. The van der Waals surface area contributed by atoms with Gasteiger partial charge in [-0.25, -0.2) is 9.97 Å². The Labute approximate surface area is 204 Å². The molecule has 16 heteroatoms. The van der Waals surface area contributed by atoms with Gasteiger partial charge in [0.2, 0.25) is 12.4 Å². The highest BCUT2D eigenvalue weighted by atomic mass is 19.4. The number of carboxylic acid groups (broad SMARTS) is 1. The van der Waals surface area contributed by atoms with E-state index in [2.05, 4.69) is 30.6 Å². The van der Waals surface area contributed by atoms with Gasteiger partial charge in [0.15, 0.2) is 11.2 Å². The molecule has 194 valence electrons. The zero-order valence-corrected chi connectivity index (χ0v) is 18.7. The molecule has 0 atom stereocenters. The highest BCUT2D eigenvalue weighted by Gasteiger charge is 2.43. The Morgan fingerprint density at radius 3 is 2.46 bits per heavy atom. The van der Waals surface area contributed by atoms with E-state index in [4.69, 9.17) is 5.11 Å². The van der Waals surface area contributed by atoms with Crippen molar-refractivity contribution in [3.8, 4) is 0 Å². The van der Waals surface area contributed by atoms with Crippen LogP contribution < -0.4 is 21.1 Å². The Morgan fingerprint density at radius 1 is 1.14 bits per heavy atom. The zero-order chi connectivity index (χ0) is 27.2. The standard InChI is InChI=1S/C21H18F3N7O6/c22-21(23,24)19(37)31(13-5-3-11(4-6-13)17(35)25-7-1-2-14(33)34)9-12-8-26-16-15(28-12)18(36)30-20(29-16)27-10-32/h3-6,8,10H,1-2,7,9H2,(H,25,35)(H,33,34)(H2,26,27,29,30,32,36). The van der Waals surface area contributed by atoms with Crippen LogP contribution in [0.1, 0.15) is 28.9 Å². The summed E-state index contributed by atoms with van der Waals surface area (Å²) in [6.07, 6.45) is -3.92. The summed E-state index contributed by atoms with van der Waals surface area (Å²) in [5.74, 6) is -4.04. The monoisotopic (exact) mass is 521 g/mol. The van der Waals surface area contributed by atoms with E-state index < -0.39 is 36.1 Å². The Balaban J connectivity index is 1.85. The average Bonchev–Trinajstić information content (AvgIpc) is 2.84. The molecule has 37 heavy (non-hydrogen) atoms. The van der Waals surface area contributed by atoms with Crippen LogP contribution in [0.4, 0.5) is 24.8 Å². The highest BCUT2D eigenvalue weighted by Crippen LogP contribution is 2.26. The van der Waals surface area contributed by atoms with Gasteiger partial charge < -0.3 is 10.4 Å². The van der Waals surface area contributed by atoms with Crippen molar-refractivity contribution < 1.29 is 37.5 Å². The minimum Gasteiger partial charge on any atom is -0.481 e. The maximum absolute atomic E-state index is 13.3. The zero-order valence-electron chi connectivity index (χ0n) is 18.7. The number of aromatic amines is 1. The van der Waals surface area contributed by atoms with Crippen molar-refractivity contribution in [2.24, 2.45) is 0 Å². The second-order valence-corrected chi connectivity index (χ2v) is 7.40. The molecule has 0 radical (unpaired) electrons. The molecule has 3 rings (SSSR count). The van der Waals surface area contributed by atoms with Gasteiger partial charge in [-0.2, -0.15) is 18.2 Å². The largest absolute Gasteiger partial charge is 0.481 e. The van der Waals surface area contributed by atoms with Crippen molar-refractivity contribution in [2.75, 3.05) is 16.8 Å². The van der Waals surface area contributed by atoms with E-state index in [9.17, 15) is 37.1 Å². The first-order valence-electron chi connectivity index (χ1n) is 10.4. The van der Waals surface area contributed by atoms with Crippen LogP contribution in [0, 0.1) is 0 Å². The van der Waals surface area contributed by atoms with Gasteiger partial charge in [0.25, 0.3) is 11.5 Å². The molecule has 0 aliphatic carbocycles. The number of benzene rings is 1. The Bertz CT molecular complexity index is 1390. The van der Waals surface area contributed by atoms with Gasteiger partial charge in [0.1, 0.15) is 0 Å². The molecule has 3 amide bonds. The lowest BCUT2D eigenvalue weighted by atomic mass is 10.1. The molecule has 2 heterocycles. The third-order valence-electron chi connectivity index (χ3n) is 4.77. The summed E-state index contributed by atoms with van der Waals surface area (Å²) in [5, 5.41) is 13.2. The first-order chi connectivity index (χ1) is 17.5. The van der Waals surface area contributed by atoms with Crippen LogP contribution in [0.5, 0.6) is 0 Å². The van der Waals surface area contributed by atoms with Crippen LogP contribution in [0.2, 0.25) is 0 Å². The predicted molar refractivity (Wildman–Crippen MR) is 121 cm³/mol. The fourth-order valence-electron chi connectivity index (χ4n) is 3.09. The third-order valence-corrected chi connectivity index (χ3v) is 4.77. The summed E-state index contributed by atoms with van der Waals surface area (Å²) in [6.45, 7) is -0.650. The number of rotatable bonds is 10. The fourth-order valence-corrected chi connectivity index (χ4v) is 3.09. The van der Waals surface area contributed by atoms with E-state index in [1.807, 2.05) is 0 Å². The number of carbonyl (C=O) groups is 4. The maximum atomic E-state index is 13.3. The second kappa shape index (κ2) is 11.2. The van der Waals surface area contributed by atoms with Gasteiger partial charge in [0, 0.05) is 24.2 Å². The molecule has 0 aliphatic heterocycles. The normalized spacial score (nSPS) is 11.1. The number of fused-ring (bicyclic) bond motifs is 1. The number of anilines is 2. The first-order valence-corrected chi connectivity index (χ1v) is 10.4. The lowest BCUT2D eigenvalue weighted by Gasteiger charge is -2.23. The van der Waals surface area contributed by atoms with Crippen LogP contribution in [-0.2, 0) is 20.9 Å². The molecule has 2 aromatic heterocycles. The molecule has 0 unspecified atom stereocenters. The number of nitrogens with zero attached hydrogens (tertiary/aromatic N) is 4. The van der Waals surface area contributed by atoms with E-state index >= 15 is 0 Å². The summed E-state index contributed by atoms with van der Waals surface area (Å²) < 4.78 is 40.0. The lowest BCUT2D eigenvalue weighted by molar-refractivity contribution is -0.170. The summed E-state index contributed by atoms with van der Waals surface area (Å²) in [6, 6.07) is 4.63. The molecule has 0 aliphatic rings. The van der Waals surface area contributed by atoms with Gasteiger partial charge in [-0.3, -0.25) is 39.2 Å². The maximum Gasteiger partial charge on any atom is 0.471 e. The number of carboxylic acids is 1. The number of hydrogen-bond acceptors (Lipinski definition) is 8. The molecule has 13 nitrogen and oxygen atoms in total. The lowest BCUT2D eigenvalue weighted by Crippen LogP contribution is -2.41. The van der Waals surface area contributed by atoms with Crippen LogP contribution >= 0.6 is 0 Å². The molecule has 4 N–H and O–H groups in total. The first kappa shape index (κ1) is 26.7. The molecular formula is C21H18F3N7O6. The number of aromatic nitrogens is 4. The van der Waals surface area contributed by atoms with Crippen LogP contribution in [0.25, 0.3) is 11.2 Å². The topological polar surface area (TPSA) is 187 Å². The van der Waals surface area contributed by atoms with Gasteiger partial charge in [-0.05, 0) is 30.7 Å². The summed E-state index contributed by atoms with van der Waals surface area (Å²) in [5.41, 5.74) is -1.66. The fraction of sp³-hybridized carbons (Fsp3) is 0.238. The number of halogens is 3. The quantitative estimate of drug-likeness (QED) is 0.223. The van der Waals surface area contributed by atoms with Crippen molar-refractivity contribution in [1.29, 1.82) is 0 Å². The third kappa shape index (κ3) is 6.83. The van der Waals surface area contributed by atoms with Gasteiger partial charge in [0.05, 0.1) is 18.4 Å². The Kier molecular flexibility index (Phi) is 8.11. The molecule has 0 bridgehead atoms. The van der Waals surface area contributed by atoms with Crippen molar-refractivity contribution in [1.82, 2.24) is 25.3 Å². The Morgan fingerprint density at radius 2 is 1.84 bits per heavy atom. The van der Waals surface area contributed by atoms with Crippen LogP contribution in [0.3, 0.4) is 0 Å². The van der Waals surface area contributed by atoms with Crippen LogP contribution in [-0.4, -0.2) is 62.0 Å². The predicted octanol–water partition coefficient (Wildman–Crippen LogP) is 0.971. The van der Waals surface area contributed by atoms with E-state index in [1.165, 1.54) is 12.1 Å². The molecular weight excluding hydrogens is 503 g/mol. The minimum absolute atomic E-state index is 0.0707. The summed E-state index contributed by atoms with van der Waals surface area (Å²) in [4.78, 5) is 71.9. The molecule has 0 spiro atoms. The summed E-state index contributed by atoms with van der Waals surface area (Å²) in [7, 11) is 0. The minimum atomic E-state index is -5.25. The van der Waals surface area contributed by atoms with Crippen LogP contribution in [0.15, 0.2) is 35.3 Å². The number of alkyl halides is 3. The van der Waals surface area contributed by atoms with E-state index in [-0.39, 0.29) is 59.9 Å². The van der Waals surface area contributed by atoms with Crippen molar-refractivity contribution in [3.05, 3.63) is 52.1 Å². The van der Waals surface area contributed by atoms with Crippen molar-refractivity contribution >= 4 is 47.0 Å². The Hall–Kier alpha value is -4.89. The van der Waals surface area contributed by atoms with Crippen molar-refractivity contribution in [3.63, 3.8) is 0 Å². The molecule has 1 aromatic carbocycles. The smallest absolute Gasteiger partial charge is 0.471 e. The highest BCUT2D eigenvalue weighted by molar-refractivity contribution is 5.98. The number of H-pyrrole nitrogens is 1. The number of amides is 3. The average molecular weight is 521 g/mol. The molecule has 0 fully saturated rings. The molecule has 0 saturated heterocycles. The van der Waals surface area contributed by atoms with Gasteiger partial charge in [-0.1, -0.05) is 0 Å². The van der Waals surface area contributed by atoms with E-state index in [0.717, 1.165) is 18.3 Å². The molecule has 0 saturated carbocycles. The second-order valence-electron chi connectivity index (χ2n) is 7.40. The molecule has 3 aromatic rings. The van der Waals surface area contributed by atoms with E-state index in [1.54, 1.807) is 0 Å².